The monoisotopic (exact) mass is 329 g/mol. The van der Waals surface area contributed by atoms with Crippen molar-refractivity contribution in [2.24, 2.45) is 4.99 Å². The van der Waals surface area contributed by atoms with Crippen LogP contribution in [0.4, 0.5) is 5.69 Å². The van der Waals surface area contributed by atoms with Gasteiger partial charge in [0.1, 0.15) is 6.04 Å². The SMILES string of the molecule is C#CCSC1=NC(c2ccc(N(C)C)cc2)C(C(=O)O)=C(C)N1. The van der Waals surface area contributed by atoms with E-state index in [9.17, 15) is 9.90 Å². The fraction of sp³-hybridized carbons (Fsp3) is 0.294. The summed E-state index contributed by atoms with van der Waals surface area (Å²) in [4.78, 5) is 18.2. The zero-order valence-electron chi connectivity index (χ0n) is 13.3. The van der Waals surface area contributed by atoms with E-state index < -0.39 is 12.0 Å². The number of rotatable bonds is 4. The summed E-state index contributed by atoms with van der Waals surface area (Å²) in [5.74, 6) is 2.05. The number of allylic oxidation sites excluding steroid dienone is 1. The topological polar surface area (TPSA) is 64.9 Å². The Labute approximate surface area is 140 Å². The molecule has 23 heavy (non-hydrogen) atoms. The number of benzene rings is 1. The van der Waals surface area contributed by atoms with Crippen LogP contribution in [-0.4, -0.2) is 36.1 Å². The van der Waals surface area contributed by atoms with Crippen molar-refractivity contribution in [3.8, 4) is 12.3 Å². The maximum atomic E-state index is 11.6. The first-order valence-corrected chi connectivity index (χ1v) is 8.05. The van der Waals surface area contributed by atoms with Crippen molar-refractivity contribution >= 4 is 28.6 Å². The lowest BCUT2D eigenvalue weighted by Gasteiger charge is -2.25. The number of aliphatic carboxylic acids is 1. The number of carboxylic acids is 1. The molecular weight excluding hydrogens is 310 g/mol. The van der Waals surface area contributed by atoms with E-state index >= 15 is 0 Å². The van der Waals surface area contributed by atoms with Gasteiger partial charge in [-0.25, -0.2) is 9.79 Å². The van der Waals surface area contributed by atoms with Crippen LogP contribution in [0.25, 0.3) is 0 Å². The number of anilines is 1. The lowest BCUT2D eigenvalue weighted by atomic mass is 9.96. The van der Waals surface area contributed by atoms with Crippen LogP contribution < -0.4 is 10.2 Å². The number of terminal acetylenes is 1. The number of aliphatic imine (C=N–C) groups is 1. The summed E-state index contributed by atoms with van der Waals surface area (Å²) in [6.45, 7) is 1.75. The summed E-state index contributed by atoms with van der Waals surface area (Å²) in [7, 11) is 3.91. The molecule has 6 heteroatoms. The van der Waals surface area contributed by atoms with Crippen LogP contribution in [0.2, 0.25) is 0 Å². The van der Waals surface area contributed by atoms with Gasteiger partial charge in [0, 0.05) is 25.5 Å². The first-order valence-electron chi connectivity index (χ1n) is 7.06. The molecule has 2 N–H and O–H groups in total. The van der Waals surface area contributed by atoms with Crippen LogP contribution in [0.15, 0.2) is 40.5 Å². The highest BCUT2D eigenvalue weighted by molar-refractivity contribution is 8.14. The normalized spacial score (nSPS) is 17.1. The number of carbonyl (C=O) groups is 1. The molecule has 1 unspecified atom stereocenters. The standard InChI is InChI=1S/C17H19N3O2S/c1-5-10-23-17-18-11(2)14(16(21)22)15(19-17)12-6-8-13(9-7-12)20(3)4/h1,6-9,15H,10H2,2-4H3,(H,18,19)(H,21,22). The van der Waals surface area contributed by atoms with Gasteiger partial charge in [0.15, 0.2) is 5.17 Å². The number of carboxylic acid groups (broad SMARTS) is 1. The van der Waals surface area contributed by atoms with Gasteiger partial charge in [-0.3, -0.25) is 0 Å². The Bertz CT molecular complexity index is 700. The van der Waals surface area contributed by atoms with Gasteiger partial charge in [-0.2, -0.15) is 0 Å². The van der Waals surface area contributed by atoms with Crippen LogP contribution >= 0.6 is 11.8 Å². The molecule has 0 radical (unpaired) electrons. The molecule has 1 aliphatic rings. The molecule has 0 amide bonds. The summed E-state index contributed by atoms with van der Waals surface area (Å²) < 4.78 is 0. The van der Waals surface area contributed by atoms with Crippen molar-refractivity contribution in [3.63, 3.8) is 0 Å². The van der Waals surface area contributed by atoms with Crippen molar-refractivity contribution in [2.45, 2.75) is 13.0 Å². The Morgan fingerprint density at radius 2 is 2.09 bits per heavy atom. The molecule has 0 spiro atoms. The minimum absolute atomic E-state index is 0.257. The van der Waals surface area contributed by atoms with E-state index in [0.717, 1.165) is 11.3 Å². The van der Waals surface area contributed by atoms with E-state index in [2.05, 4.69) is 16.2 Å². The maximum absolute atomic E-state index is 11.6. The van der Waals surface area contributed by atoms with E-state index in [0.29, 0.717) is 16.6 Å². The van der Waals surface area contributed by atoms with Crippen molar-refractivity contribution < 1.29 is 9.90 Å². The molecule has 1 aromatic rings. The maximum Gasteiger partial charge on any atom is 0.335 e. The zero-order chi connectivity index (χ0) is 17.0. The quantitative estimate of drug-likeness (QED) is 0.831. The van der Waals surface area contributed by atoms with Gasteiger partial charge in [0.05, 0.1) is 11.3 Å². The molecule has 5 nitrogen and oxygen atoms in total. The Morgan fingerprint density at radius 3 is 2.61 bits per heavy atom. The first-order chi connectivity index (χ1) is 10.9. The molecule has 0 bridgehead atoms. The zero-order valence-corrected chi connectivity index (χ0v) is 14.1. The number of nitrogens with zero attached hydrogens (tertiary/aromatic N) is 2. The van der Waals surface area contributed by atoms with Crippen molar-refractivity contribution in [1.29, 1.82) is 0 Å². The van der Waals surface area contributed by atoms with E-state index in [1.165, 1.54) is 11.8 Å². The molecule has 1 heterocycles. The predicted molar refractivity (Wildman–Crippen MR) is 95.7 cm³/mol. The van der Waals surface area contributed by atoms with Crippen molar-refractivity contribution in [1.82, 2.24) is 5.32 Å². The van der Waals surface area contributed by atoms with Gasteiger partial charge < -0.3 is 15.3 Å². The molecule has 0 saturated carbocycles. The minimum Gasteiger partial charge on any atom is -0.478 e. The number of thioether (sulfide) groups is 1. The second kappa shape index (κ2) is 7.25. The van der Waals surface area contributed by atoms with Crippen molar-refractivity contribution in [2.75, 3.05) is 24.7 Å². The third-order valence-electron chi connectivity index (χ3n) is 3.47. The van der Waals surface area contributed by atoms with Gasteiger partial charge in [-0.15, -0.1) is 6.42 Å². The number of hydrogen-bond acceptors (Lipinski definition) is 5. The second-order valence-corrected chi connectivity index (χ2v) is 6.25. The lowest BCUT2D eigenvalue weighted by molar-refractivity contribution is -0.133. The highest BCUT2D eigenvalue weighted by atomic mass is 32.2. The Morgan fingerprint density at radius 1 is 1.43 bits per heavy atom. The average Bonchev–Trinajstić information content (AvgIpc) is 2.52. The molecule has 1 aromatic carbocycles. The molecule has 1 aliphatic heterocycles. The summed E-state index contributed by atoms with van der Waals surface area (Å²) in [5, 5.41) is 13.2. The van der Waals surface area contributed by atoms with Crippen LogP contribution in [0.1, 0.15) is 18.5 Å². The number of hydrogen-bond donors (Lipinski definition) is 2. The smallest absolute Gasteiger partial charge is 0.335 e. The van der Waals surface area contributed by atoms with Gasteiger partial charge in [-0.05, 0) is 24.6 Å². The Hall–Kier alpha value is -2.39. The molecule has 0 aromatic heterocycles. The Kier molecular flexibility index (Phi) is 5.35. The largest absolute Gasteiger partial charge is 0.478 e. The van der Waals surface area contributed by atoms with E-state index in [4.69, 9.17) is 6.42 Å². The lowest BCUT2D eigenvalue weighted by Crippen LogP contribution is -2.29. The third-order valence-corrected chi connectivity index (χ3v) is 4.26. The van der Waals surface area contributed by atoms with E-state index in [1.54, 1.807) is 6.92 Å². The highest BCUT2D eigenvalue weighted by Crippen LogP contribution is 2.32. The molecule has 0 fully saturated rings. The van der Waals surface area contributed by atoms with Gasteiger partial charge in [0.25, 0.3) is 0 Å². The van der Waals surface area contributed by atoms with Crippen LogP contribution in [0, 0.1) is 12.3 Å². The minimum atomic E-state index is -0.971. The summed E-state index contributed by atoms with van der Waals surface area (Å²) in [6.07, 6.45) is 5.28. The summed E-state index contributed by atoms with van der Waals surface area (Å²) in [5.41, 5.74) is 2.74. The molecule has 0 saturated heterocycles. The van der Waals surface area contributed by atoms with Crippen molar-refractivity contribution in [3.05, 3.63) is 41.1 Å². The van der Waals surface area contributed by atoms with Crippen LogP contribution in [0.5, 0.6) is 0 Å². The molecule has 1 atom stereocenters. The number of amidine groups is 1. The molecular formula is C17H19N3O2S. The fourth-order valence-corrected chi connectivity index (χ4v) is 2.93. The number of nitrogens with one attached hydrogen (secondary N) is 1. The highest BCUT2D eigenvalue weighted by Gasteiger charge is 2.29. The molecule has 120 valence electrons. The summed E-state index contributed by atoms with van der Waals surface area (Å²) >= 11 is 1.39. The second-order valence-electron chi connectivity index (χ2n) is 5.28. The average molecular weight is 329 g/mol. The van der Waals surface area contributed by atoms with Crippen LogP contribution in [0.3, 0.4) is 0 Å². The molecule has 2 rings (SSSR count). The van der Waals surface area contributed by atoms with E-state index in [-0.39, 0.29) is 5.57 Å². The van der Waals surface area contributed by atoms with E-state index in [1.807, 2.05) is 43.3 Å². The first kappa shape index (κ1) is 17.0. The third kappa shape index (κ3) is 3.88. The van der Waals surface area contributed by atoms with Gasteiger partial charge in [0.2, 0.25) is 0 Å². The fourth-order valence-electron chi connectivity index (χ4n) is 2.30. The predicted octanol–water partition coefficient (Wildman–Crippen LogP) is 2.48. The van der Waals surface area contributed by atoms with Gasteiger partial charge in [-0.1, -0.05) is 29.8 Å². The Balaban J connectivity index is 2.40. The molecule has 0 aliphatic carbocycles. The summed E-state index contributed by atoms with van der Waals surface area (Å²) in [6, 6.07) is 7.19. The van der Waals surface area contributed by atoms with Crippen LogP contribution in [-0.2, 0) is 4.79 Å². The van der Waals surface area contributed by atoms with Gasteiger partial charge >= 0.3 is 5.97 Å².